The zero-order valence-electron chi connectivity index (χ0n) is 11.3. The van der Waals surface area contributed by atoms with Gasteiger partial charge in [-0.3, -0.25) is 4.79 Å². The van der Waals surface area contributed by atoms with E-state index in [4.69, 9.17) is 4.52 Å². The first-order chi connectivity index (χ1) is 10.2. The van der Waals surface area contributed by atoms with Crippen LogP contribution in [0.5, 0.6) is 0 Å². The van der Waals surface area contributed by atoms with Crippen molar-refractivity contribution in [2.24, 2.45) is 0 Å². The molecule has 6 heteroatoms. The lowest BCUT2D eigenvalue weighted by Gasteiger charge is -2.00. The molecule has 21 heavy (non-hydrogen) atoms. The number of halogens is 1. The summed E-state index contributed by atoms with van der Waals surface area (Å²) in [5, 5.41) is 6.39. The molecule has 110 valence electrons. The number of nitrogens with zero attached hydrogens (tertiary/aromatic N) is 1. The highest BCUT2D eigenvalue weighted by atomic mass is 19.1. The van der Waals surface area contributed by atoms with E-state index in [-0.39, 0.29) is 17.4 Å². The largest absolute Gasteiger partial charge is 0.355 e. The van der Waals surface area contributed by atoms with Crippen LogP contribution < -0.4 is 5.32 Å². The molecular formula is C15H15FN2O3. The first-order valence-corrected chi connectivity index (χ1v) is 6.65. The lowest BCUT2D eigenvalue weighted by Crippen LogP contribution is -2.24. The van der Waals surface area contributed by atoms with E-state index >= 15 is 0 Å². The van der Waals surface area contributed by atoms with E-state index in [9.17, 15) is 14.0 Å². The van der Waals surface area contributed by atoms with Crippen LogP contribution in [0.1, 0.15) is 29.8 Å². The number of hydrogen-bond donors (Lipinski definition) is 1. The summed E-state index contributed by atoms with van der Waals surface area (Å²) in [6.07, 6.45) is 2.82. The average molecular weight is 290 g/mol. The molecule has 0 saturated carbocycles. The predicted molar refractivity (Wildman–Crippen MR) is 74.1 cm³/mol. The van der Waals surface area contributed by atoms with Crippen LogP contribution in [-0.2, 0) is 4.79 Å². The molecule has 0 atom stereocenters. The van der Waals surface area contributed by atoms with E-state index in [2.05, 4.69) is 10.5 Å². The minimum absolute atomic E-state index is 0.171. The number of aromatic nitrogens is 1. The number of carbonyl (C=O) groups is 2. The zero-order chi connectivity index (χ0) is 15.1. The Labute approximate surface area is 121 Å². The van der Waals surface area contributed by atoms with Gasteiger partial charge >= 0.3 is 0 Å². The van der Waals surface area contributed by atoms with Gasteiger partial charge in [-0.05, 0) is 37.1 Å². The second-order valence-corrected chi connectivity index (χ2v) is 4.50. The Balaban J connectivity index is 1.91. The van der Waals surface area contributed by atoms with Crippen molar-refractivity contribution in [3.63, 3.8) is 0 Å². The van der Waals surface area contributed by atoms with Crippen molar-refractivity contribution in [1.82, 2.24) is 10.5 Å². The van der Waals surface area contributed by atoms with Gasteiger partial charge in [0, 0.05) is 24.6 Å². The van der Waals surface area contributed by atoms with Crippen molar-refractivity contribution in [2.75, 3.05) is 6.54 Å². The van der Waals surface area contributed by atoms with Gasteiger partial charge in [0.2, 0.25) is 0 Å². The standard InChI is InChI=1S/C15H15FN2O3/c16-12-6-4-11(5-7-12)14-10-13(18-21-14)15(20)17-8-2-1-3-9-19/h4-7,9-10H,1-3,8H2,(H,17,20). The second-order valence-electron chi connectivity index (χ2n) is 4.50. The molecule has 1 amide bonds. The molecule has 0 aliphatic carbocycles. The quantitative estimate of drug-likeness (QED) is 0.628. The number of carbonyl (C=O) groups excluding carboxylic acids is 2. The number of rotatable bonds is 7. The van der Waals surface area contributed by atoms with Gasteiger partial charge in [0.25, 0.3) is 5.91 Å². The van der Waals surface area contributed by atoms with Gasteiger partial charge < -0.3 is 14.6 Å². The Morgan fingerprint density at radius 2 is 2.05 bits per heavy atom. The van der Waals surface area contributed by atoms with Crippen molar-refractivity contribution in [3.05, 3.63) is 41.8 Å². The Morgan fingerprint density at radius 3 is 2.76 bits per heavy atom. The highest BCUT2D eigenvalue weighted by Gasteiger charge is 2.13. The Kier molecular flexibility index (Phi) is 5.20. The molecule has 0 aliphatic heterocycles. The summed E-state index contributed by atoms with van der Waals surface area (Å²) in [6, 6.07) is 7.23. The molecule has 1 heterocycles. The Morgan fingerprint density at radius 1 is 1.29 bits per heavy atom. The van der Waals surface area contributed by atoms with Gasteiger partial charge in [-0.1, -0.05) is 5.16 Å². The minimum Gasteiger partial charge on any atom is -0.355 e. The number of nitrogens with one attached hydrogen (secondary N) is 1. The summed E-state index contributed by atoms with van der Waals surface area (Å²) < 4.78 is 17.9. The van der Waals surface area contributed by atoms with Crippen LogP contribution in [0.25, 0.3) is 11.3 Å². The molecule has 0 radical (unpaired) electrons. The van der Waals surface area contributed by atoms with Crippen LogP contribution in [0.2, 0.25) is 0 Å². The average Bonchev–Trinajstić information content (AvgIpc) is 2.97. The van der Waals surface area contributed by atoms with E-state index in [1.165, 1.54) is 18.2 Å². The first-order valence-electron chi connectivity index (χ1n) is 6.65. The normalized spacial score (nSPS) is 10.3. The van der Waals surface area contributed by atoms with Crippen LogP contribution in [0.4, 0.5) is 4.39 Å². The van der Waals surface area contributed by atoms with Crippen molar-refractivity contribution in [1.29, 1.82) is 0 Å². The highest BCUT2D eigenvalue weighted by Crippen LogP contribution is 2.20. The topological polar surface area (TPSA) is 72.2 Å². The van der Waals surface area contributed by atoms with Gasteiger partial charge in [-0.25, -0.2) is 4.39 Å². The summed E-state index contributed by atoms with van der Waals surface area (Å²) >= 11 is 0. The van der Waals surface area contributed by atoms with E-state index < -0.39 is 0 Å². The van der Waals surface area contributed by atoms with Gasteiger partial charge in [-0.2, -0.15) is 0 Å². The lowest BCUT2D eigenvalue weighted by molar-refractivity contribution is -0.107. The molecule has 0 saturated heterocycles. The Bertz CT molecular complexity index is 608. The zero-order valence-corrected chi connectivity index (χ0v) is 11.3. The van der Waals surface area contributed by atoms with Crippen LogP contribution in [0.15, 0.2) is 34.9 Å². The number of amides is 1. The second kappa shape index (κ2) is 7.33. The SMILES string of the molecule is O=CCCCCNC(=O)c1cc(-c2ccc(F)cc2)on1. The third-order valence-electron chi connectivity index (χ3n) is 2.91. The van der Waals surface area contributed by atoms with Crippen molar-refractivity contribution in [2.45, 2.75) is 19.3 Å². The molecule has 0 fully saturated rings. The van der Waals surface area contributed by atoms with Gasteiger partial charge in [0.1, 0.15) is 12.1 Å². The third-order valence-corrected chi connectivity index (χ3v) is 2.91. The van der Waals surface area contributed by atoms with Crippen molar-refractivity contribution in [3.8, 4) is 11.3 Å². The minimum atomic E-state index is -0.341. The predicted octanol–water partition coefficient (Wildman–Crippen LogP) is 2.58. The van der Waals surface area contributed by atoms with Crippen molar-refractivity contribution >= 4 is 12.2 Å². The monoisotopic (exact) mass is 290 g/mol. The summed E-state index contributed by atoms with van der Waals surface area (Å²) in [4.78, 5) is 22.0. The van der Waals surface area contributed by atoms with Crippen LogP contribution in [0.3, 0.4) is 0 Å². The molecule has 2 rings (SSSR count). The van der Waals surface area contributed by atoms with E-state index in [0.29, 0.717) is 24.3 Å². The smallest absolute Gasteiger partial charge is 0.273 e. The fourth-order valence-electron chi connectivity index (χ4n) is 1.78. The summed E-state index contributed by atoms with van der Waals surface area (Å²) in [5.41, 5.74) is 0.818. The first kappa shape index (κ1) is 14.9. The maximum atomic E-state index is 12.8. The van der Waals surface area contributed by atoms with Gasteiger partial charge in [0.05, 0.1) is 0 Å². The fourth-order valence-corrected chi connectivity index (χ4v) is 1.78. The summed E-state index contributed by atoms with van der Waals surface area (Å²) in [6.45, 7) is 0.478. The molecule has 0 aliphatic rings. The third kappa shape index (κ3) is 4.24. The molecular weight excluding hydrogens is 275 g/mol. The van der Waals surface area contributed by atoms with E-state index in [1.54, 1.807) is 12.1 Å². The fraction of sp³-hybridized carbons (Fsp3) is 0.267. The van der Waals surface area contributed by atoms with E-state index in [0.717, 1.165) is 19.1 Å². The molecule has 1 aromatic heterocycles. The van der Waals surface area contributed by atoms with Gasteiger partial charge in [0.15, 0.2) is 11.5 Å². The molecule has 1 N–H and O–H groups in total. The molecule has 0 unspecified atom stereocenters. The van der Waals surface area contributed by atoms with Crippen LogP contribution in [0, 0.1) is 5.82 Å². The van der Waals surface area contributed by atoms with Gasteiger partial charge in [-0.15, -0.1) is 0 Å². The molecule has 5 nitrogen and oxygen atoms in total. The number of aldehydes is 1. The molecule has 0 bridgehead atoms. The maximum absolute atomic E-state index is 12.8. The van der Waals surface area contributed by atoms with Crippen LogP contribution in [-0.4, -0.2) is 23.9 Å². The lowest BCUT2D eigenvalue weighted by atomic mass is 10.1. The number of unbranched alkanes of at least 4 members (excludes halogenated alkanes) is 2. The molecule has 2 aromatic rings. The summed E-state index contributed by atoms with van der Waals surface area (Å²) in [5.74, 6) is -0.272. The number of hydrogen-bond acceptors (Lipinski definition) is 4. The van der Waals surface area contributed by atoms with Crippen LogP contribution >= 0.6 is 0 Å². The summed E-state index contributed by atoms with van der Waals surface area (Å²) in [7, 11) is 0. The molecule has 1 aromatic carbocycles. The van der Waals surface area contributed by atoms with Crippen molar-refractivity contribution < 1.29 is 18.5 Å². The van der Waals surface area contributed by atoms with E-state index in [1.807, 2.05) is 0 Å². The Hall–Kier alpha value is -2.50. The maximum Gasteiger partial charge on any atom is 0.273 e. The molecule has 0 spiro atoms. The number of benzene rings is 1. The highest BCUT2D eigenvalue weighted by molar-refractivity contribution is 5.93.